The van der Waals surface area contributed by atoms with Crippen molar-refractivity contribution in [3.63, 3.8) is 0 Å². The van der Waals surface area contributed by atoms with Crippen LogP contribution in [0, 0.1) is 0 Å². The molecule has 120 valence electrons. The highest BCUT2D eigenvalue weighted by molar-refractivity contribution is 7.85. The van der Waals surface area contributed by atoms with Crippen molar-refractivity contribution < 1.29 is 21.8 Å². The van der Waals surface area contributed by atoms with Crippen LogP contribution in [0.5, 0.6) is 0 Å². The Balaban J connectivity index is 1.98. The summed E-state index contributed by atoms with van der Waals surface area (Å²) in [7, 11) is -1.06. The second-order valence-corrected chi connectivity index (χ2v) is 6.60. The second kappa shape index (κ2) is 5.81. The maximum absolute atomic E-state index is 12.7. The van der Waals surface area contributed by atoms with E-state index in [1.165, 1.54) is 6.07 Å². The van der Waals surface area contributed by atoms with Crippen LogP contribution in [-0.2, 0) is 17.0 Å². The summed E-state index contributed by atoms with van der Waals surface area (Å²) in [6.07, 6.45) is -4.42. The fourth-order valence-electron chi connectivity index (χ4n) is 2.14. The predicted octanol–water partition coefficient (Wildman–Crippen LogP) is 4.64. The molecule has 0 spiro atoms. The fraction of sp³-hybridized carbons (Fsp3) is 0.188. The van der Waals surface area contributed by atoms with E-state index in [0.29, 0.717) is 16.2 Å². The van der Waals surface area contributed by atoms with Crippen LogP contribution < -0.4 is 0 Å². The Morgan fingerprint density at radius 2 is 1.83 bits per heavy atom. The van der Waals surface area contributed by atoms with Crippen molar-refractivity contribution in [2.45, 2.75) is 18.0 Å². The molecule has 1 aromatic heterocycles. The number of rotatable bonds is 3. The van der Waals surface area contributed by atoms with E-state index in [9.17, 15) is 17.4 Å². The summed E-state index contributed by atoms with van der Waals surface area (Å²) in [6, 6.07) is 9.97. The highest BCUT2D eigenvalue weighted by Crippen LogP contribution is 2.32. The molecule has 23 heavy (non-hydrogen) atoms. The molecule has 0 radical (unpaired) electrons. The number of hydrogen-bond acceptors (Lipinski definition) is 3. The Morgan fingerprint density at radius 1 is 1.13 bits per heavy atom. The smallest absolute Gasteiger partial charge is 0.416 e. The highest BCUT2D eigenvalue weighted by atomic mass is 32.2. The number of fused-ring (bicyclic) bond motifs is 1. The van der Waals surface area contributed by atoms with Gasteiger partial charge in [0.1, 0.15) is 5.52 Å². The lowest BCUT2D eigenvalue weighted by molar-refractivity contribution is -0.137. The molecule has 0 bridgehead atoms. The minimum atomic E-state index is -4.42. The van der Waals surface area contributed by atoms with Crippen LogP contribution in [0.4, 0.5) is 13.2 Å². The lowest BCUT2D eigenvalue weighted by Crippen LogP contribution is -2.03. The number of halogens is 3. The molecule has 0 saturated heterocycles. The van der Waals surface area contributed by atoms with E-state index in [-0.39, 0.29) is 17.0 Å². The van der Waals surface area contributed by atoms with E-state index >= 15 is 0 Å². The number of benzene rings is 2. The monoisotopic (exact) mass is 339 g/mol. The summed E-state index contributed by atoms with van der Waals surface area (Å²) in [5, 5.41) is 0. The van der Waals surface area contributed by atoms with Crippen LogP contribution in [0.3, 0.4) is 0 Å². The van der Waals surface area contributed by atoms with Gasteiger partial charge < -0.3 is 4.42 Å². The predicted molar refractivity (Wildman–Crippen MR) is 81.4 cm³/mol. The fourth-order valence-corrected chi connectivity index (χ4v) is 2.92. The molecule has 3 aromatic rings. The summed E-state index contributed by atoms with van der Waals surface area (Å²) < 4.78 is 55.3. The lowest BCUT2D eigenvalue weighted by atomic mass is 10.2. The van der Waals surface area contributed by atoms with E-state index in [1.807, 2.05) is 6.92 Å². The van der Waals surface area contributed by atoms with Gasteiger partial charge in [0.05, 0.1) is 16.4 Å². The lowest BCUT2D eigenvalue weighted by Gasteiger charge is -2.04. The Labute approximate surface area is 132 Å². The minimum Gasteiger partial charge on any atom is -0.436 e. The summed E-state index contributed by atoms with van der Waals surface area (Å²) >= 11 is 0. The number of oxazole rings is 1. The van der Waals surface area contributed by atoms with Crippen molar-refractivity contribution in [3.05, 3.63) is 48.0 Å². The average molecular weight is 339 g/mol. The maximum atomic E-state index is 12.7. The molecule has 0 aliphatic heterocycles. The maximum Gasteiger partial charge on any atom is 0.416 e. The molecule has 3 rings (SSSR count). The Kier molecular flexibility index (Phi) is 3.97. The number of alkyl halides is 3. The van der Waals surface area contributed by atoms with Crippen molar-refractivity contribution in [1.82, 2.24) is 4.98 Å². The molecule has 0 aliphatic carbocycles. The van der Waals surface area contributed by atoms with Crippen LogP contribution in [-0.4, -0.2) is 14.9 Å². The molecule has 0 aliphatic rings. The third-order valence-corrected chi connectivity index (χ3v) is 4.66. The third kappa shape index (κ3) is 3.14. The summed E-state index contributed by atoms with van der Waals surface area (Å²) in [5.41, 5.74) is 0.287. The van der Waals surface area contributed by atoms with Gasteiger partial charge in [-0.3, -0.25) is 4.21 Å². The zero-order chi connectivity index (χ0) is 16.6. The van der Waals surface area contributed by atoms with Gasteiger partial charge in [0.2, 0.25) is 5.89 Å². The van der Waals surface area contributed by atoms with Gasteiger partial charge in [0.25, 0.3) is 0 Å². The van der Waals surface area contributed by atoms with Crippen LogP contribution in [0.1, 0.15) is 12.5 Å². The Morgan fingerprint density at radius 3 is 2.43 bits per heavy atom. The topological polar surface area (TPSA) is 43.1 Å². The van der Waals surface area contributed by atoms with Gasteiger partial charge >= 0.3 is 6.18 Å². The van der Waals surface area contributed by atoms with Gasteiger partial charge in [0.15, 0.2) is 5.58 Å². The third-order valence-electron chi connectivity index (χ3n) is 3.34. The van der Waals surface area contributed by atoms with Crippen molar-refractivity contribution in [1.29, 1.82) is 0 Å². The summed E-state index contributed by atoms with van der Waals surface area (Å²) in [4.78, 5) is 4.80. The van der Waals surface area contributed by atoms with E-state index < -0.39 is 22.5 Å². The number of aromatic nitrogens is 1. The van der Waals surface area contributed by atoms with E-state index in [0.717, 1.165) is 12.1 Å². The van der Waals surface area contributed by atoms with Gasteiger partial charge in [-0.1, -0.05) is 6.92 Å². The van der Waals surface area contributed by atoms with Crippen molar-refractivity contribution in [3.8, 4) is 11.5 Å². The minimum absolute atomic E-state index is 0.149. The van der Waals surface area contributed by atoms with Gasteiger partial charge in [-0.05, 0) is 42.5 Å². The molecule has 1 unspecified atom stereocenters. The highest BCUT2D eigenvalue weighted by Gasteiger charge is 2.31. The molecule has 2 aromatic carbocycles. The molecular weight excluding hydrogens is 327 g/mol. The SMILES string of the molecule is CCS(=O)c1ccc(-c2nc3cc(C(F)(F)F)ccc3o2)cc1. The number of hydrogen-bond donors (Lipinski definition) is 0. The molecule has 1 atom stereocenters. The molecule has 0 fully saturated rings. The molecular formula is C16H12F3NO2S. The number of nitrogens with zero attached hydrogens (tertiary/aromatic N) is 1. The quantitative estimate of drug-likeness (QED) is 0.698. The molecule has 3 nitrogen and oxygen atoms in total. The van der Waals surface area contributed by atoms with Crippen LogP contribution >= 0.6 is 0 Å². The van der Waals surface area contributed by atoms with Crippen molar-refractivity contribution in [2.24, 2.45) is 0 Å². The Bertz CT molecular complexity index is 869. The van der Waals surface area contributed by atoms with Gasteiger partial charge in [-0.2, -0.15) is 13.2 Å². The molecule has 1 heterocycles. The normalized spacial score (nSPS) is 13.4. The van der Waals surface area contributed by atoms with Crippen LogP contribution in [0.2, 0.25) is 0 Å². The second-order valence-electron chi connectivity index (χ2n) is 4.86. The van der Waals surface area contributed by atoms with Gasteiger partial charge in [0, 0.05) is 16.2 Å². The zero-order valence-electron chi connectivity index (χ0n) is 12.1. The summed E-state index contributed by atoms with van der Waals surface area (Å²) in [5.74, 6) is 0.746. The van der Waals surface area contributed by atoms with Gasteiger partial charge in [-0.25, -0.2) is 4.98 Å². The molecule has 7 heteroatoms. The first-order chi connectivity index (χ1) is 10.9. The van der Waals surface area contributed by atoms with E-state index in [1.54, 1.807) is 24.3 Å². The van der Waals surface area contributed by atoms with Crippen LogP contribution in [0.25, 0.3) is 22.6 Å². The standard InChI is InChI=1S/C16H12F3NO2S/c1-2-23(21)12-6-3-10(4-7-12)15-20-13-9-11(16(17,18)19)5-8-14(13)22-15/h3-9H,2H2,1H3. The van der Waals surface area contributed by atoms with E-state index in [4.69, 9.17) is 4.42 Å². The first-order valence-electron chi connectivity index (χ1n) is 6.85. The first kappa shape index (κ1) is 15.7. The Hall–Kier alpha value is -2.15. The average Bonchev–Trinajstić information content (AvgIpc) is 2.96. The van der Waals surface area contributed by atoms with Crippen LogP contribution in [0.15, 0.2) is 51.8 Å². The molecule has 0 N–H and O–H groups in total. The largest absolute Gasteiger partial charge is 0.436 e. The van der Waals surface area contributed by atoms with Crippen molar-refractivity contribution in [2.75, 3.05) is 5.75 Å². The molecule has 0 amide bonds. The summed E-state index contributed by atoms with van der Waals surface area (Å²) in [6.45, 7) is 1.82. The first-order valence-corrected chi connectivity index (χ1v) is 8.17. The molecule has 0 saturated carbocycles. The zero-order valence-corrected chi connectivity index (χ0v) is 12.9. The van der Waals surface area contributed by atoms with Gasteiger partial charge in [-0.15, -0.1) is 0 Å². The van der Waals surface area contributed by atoms with Crippen molar-refractivity contribution >= 4 is 21.9 Å². The van der Waals surface area contributed by atoms with E-state index in [2.05, 4.69) is 4.98 Å².